The molecule has 0 fully saturated rings. The molecular formula is C18H23NO3. The van der Waals surface area contributed by atoms with Crippen molar-refractivity contribution in [1.29, 1.82) is 0 Å². The Labute approximate surface area is 131 Å². The molecule has 1 aromatic heterocycles. The lowest BCUT2D eigenvalue weighted by Crippen LogP contribution is -2.37. The molecule has 2 rings (SSSR count). The first-order chi connectivity index (χ1) is 10.6. The van der Waals surface area contributed by atoms with Crippen LogP contribution in [-0.4, -0.2) is 17.1 Å². The fourth-order valence-corrected chi connectivity index (χ4v) is 2.44. The topological polar surface area (TPSA) is 62.5 Å². The van der Waals surface area contributed by atoms with Gasteiger partial charge in [-0.25, -0.2) is 0 Å². The molecule has 0 aliphatic carbocycles. The van der Waals surface area contributed by atoms with Gasteiger partial charge >= 0.3 is 0 Å². The lowest BCUT2D eigenvalue weighted by Gasteiger charge is -2.19. The molecule has 3 unspecified atom stereocenters. The van der Waals surface area contributed by atoms with Crippen LogP contribution in [0.5, 0.6) is 0 Å². The van der Waals surface area contributed by atoms with Gasteiger partial charge in [-0.05, 0) is 31.0 Å². The van der Waals surface area contributed by atoms with Crippen molar-refractivity contribution < 1.29 is 14.3 Å². The lowest BCUT2D eigenvalue weighted by molar-refractivity contribution is -0.125. The van der Waals surface area contributed by atoms with Crippen LogP contribution in [0.2, 0.25) is 0 Å². The number of aliphatic hydroxyl groups excluding tert-OH is 1. The number of carbonyl (C=O) groups excluding carboxylic acids is 1. The monoisotopic (exact) mass is 301 g/mol. The predicted octanol–water partition coefficient (Wildman–Crippen LogP) is 3.09. The third-order valence-corrected chi connectivity index (χ3v) is 3.67. The van der Waals surface area contributed by atoms with Gasteiger partial charge < -0.3 is 14.8 Å². The van der Waals surface area contributed by atoms with Crippen LogP contribution in [0.3, 0.4) is 0 Å². The van der Waals surface area contributed by atoms with Crippen molar-refractivity contribution >= 4 is 5.91 Å². The molecule has 0 aliphatic heterocycles. The number of aliphatic hydroxyl groups is 1. The molecule has 1 amide bonds. The Morgan fingerprint density at radius 1 is 1.18 bits per heavy atom. The van der Waals surface area contributed by atoms with Gasteiger partial charge in [-0.1, -0.05) is 37.3 Å². The highest BCUT2D eigenvalue weighted by Gasteiger charge is 2.19. The SMILES string of the molecule is CC(CC(O)c1ccco1)NC(=O)C(C)Cc1ccccc1. The number of benzene rings is 1. The van der Waals surface area contributed by atoms with E-state index in [2.05, 4.69) is 5.32 Å². The van der Waals surface area contributed by atoms with Crippen molar-refractivity contribution in [2.75, 3.05) is 0 Å². The summed E-state index contributed by atoms with van der Waals surface area (Å²) in [5, 5.41) is 13.0. The first kappa shape index (κ1) is 16.3. The summed E-state index contributed by atoms with van der Waals surface area (Å²) in [4.78, 5) is 12.2. The second kappa shape index (κ2) is 7.80. The summed E-state index contributed by atoms with van der Waals surface area (Å²) in [5.41, 5.74) is 1.15. The van der Waals surface area contributed by atoms with E-state index in [0.29, 0.717) is 18.6 Å². The van der Waals surface area contributed by atoms with E-state index in [0.717, 1.165) is 5.56 Å². The molecule has 2 N–H and O–H groups in total. The molecule has 0 radical (unpaired) electrons. The fourth-order valence-electron chi connectivity index (χ4n) is 2.44. The molecule has 0 bridgehead atoms. The Hall–Kier alpha value is -2.07. The summed E-state index contributed by atoms with van der Waals surface area (Å²) in [6.07, 6.45) is 1.97. The Kier molecular flexibility index (Phi) is 5.78. The Balaban J connectivity index is 1.80. The maximum atomic E-state index is 12.2. The second-order valence-electron chi connectivity index (χ2n) is 5.77. The van der Waals surface area contributed by atoms with E-state index in [1.54, 1.807) is 12.1 Å². The number of hydrogen-bond donors (Lipinski definition) is 2. The molecule has 118 valence electrons. The molecule has 3 atom stereocenters. The van der Waals surface area contributed by atoms with Crippen LogP contribution < -0.4 is 5.32 Å². The summed E-state index contributed by atoms with van der Waals surface area (Å²) in [5.74, 6) is 0.423. The summed E-state index contributed by atoms with van der Waals surface area (Å²) in [6, 6.07) is 13.3. The maximum absolute atomic E-state index is 12.2. The normalized spacial score (nSPS) is 15.0. The highest BCUT2D eigenvalue weighted by atomic mass is 16.4. The van der Waals surface area contributed by atoms with Crippen molar-refractivity contribution in [3.05, 3.63) is 60.1 Å². The Morgan fingerprint density at radius 2 is 1.91 bits per heavy atom. The number of furan rings is 1. The first-order valence-corrected chi connectivity index (χ1v) is 7.62. The molecule has 1 aromatic carbocycles. The standard InChI is InChI=1S/C18H23NO3/c1-13(11-15-7-4-3-5-8-15)18(21)19-14(2)12-16(20)17-9-6-10-22-17/h3-10,13-14,16,20H,11-12H2,1-2H3,(H,19,21). The largest absolute Gasteiger partial charge is 0.467 e. The number of amides is 1. The second-order valence-corrected chi connectivity index (χ2v) is 5.77. The van der Waals surface area contributed by atoms with Crippen molar-refractivity contribution in [3.63, 3.8) is 0 Å². The number of hydrogen-bond acceptors (Lipinski definition) is 3. The third kappa shape index (κ3) is 4.74. The summed E-state index contributed by atoms with van der Waals surface area (Å²) >= 11 is 0. The molecule has 0 spiro atoms. The smallest absolute Gasteiger partial charge is 0.223 e. The average molecular weight is 301 g/mol. The number of nitrogens with one attached hydrogen (secondary N) is 1. The van der Waals surface area contributed by atoms with Crippen LogP contribution in [0.25, 0.3) is 0 Å². The zero-order chi connectivity index (χ0) is 15.9. The highest BCUT2D eigenvalue weighted by molar-refractivity contribution is 5.78. The van der Waals surface area contributed by atoms with Crippen LogP contribution in [0.4, 0.5) is 0 Å². The van der Waals surface area contributed by atoms with Gasteiger partial charge in [-0.15, -0.1) is 0 Å². The maximum Gasteiger partial charge on any atom is 0.223 e. The van der Waals surface area contributed by atoms with Gasteiger partial charge in [0.25, 0.3) is 0 Å². The predicted molar refractivity (Wildman–Crippen MR) is 85.2 cm³/mol. The van der Waals surface area contributed by atoms with Gasteiger partial charge in [0.15, 0.2) is 0 Å². The minimum absolute atomic E-state index is 0.00278. The minimum Gasteiger partial charge on any atom is -0.467 e. The molecule has 4 heteroatoms. The summed E-state index contributed by atoms with van der Waals surface area (Å²) in [6.45, 7) is 3.80. The van der Waals surface area contributed by atoms with Crippen LogP contribution in [0, 0.1) is 5.92 Å². The first-order valence-electron chi connectivity index (χ1n) is 7.62. The van der Waals surface area contributed by atoms with Crippen LogP contribution in [0.1, 0.15) is 37.7 Å². The zero-order valence-electron chi connectivity index (χ0n) is 13.0. The van der Waals surface area contributed by atoms with E-state index in [1.165, 1.54) is 6.26 Å². The van der Waals surface area contributed by atoms with Gasteiger partial charge in [-0.2, -0.15) is 0 Å². The molecule has 22 heavy (non-hydrogen) atoms. The van der Waals surface area contributed by atoms with E-state index in [9.17, 15) is 9.90 Å². The molecule has 0 aliphatic rings. The number of carbonyl (C=O) groups is 1. The summed E-state index contributed by atoms with van der Waals surface area (Å²) in [7, 11) is 0. The lowest BCUT2D eigenvalue weighted by atomic mass is 9.99. The van der Waals surface area contributed by atoms with Crippen LogP contribution in [-0.2, 0) is 11.2 Å². The molecule has 4 nitrogen and oxygen atoms in total. The van der Waals surface area contributed by atoms with E-state index < -0.39 is 6.10 Å². The molecule has 0 saturated heterocycles. The van der Waals surface area contributed by atoms with Crippen molar-refractivity contribution in [2.24, 2.45) is 5.92 Å². The Morgan fingerprint density at radius 3 is 2.55 bits per heavy atom. The van der Waals surface area contributed by atoms with Crippen LogP contribution in [0.15, 0.2) is 53.1 Å². The molecule has 2 aromatic rings. The molecule has 0 saturated carbocycles. The molecular weight excluding hydrogens is 278 g/mol. The highest BCUT2D eigenvalue weighted by Crippen LogP contribution is 2.18. The van der Waals surface area contributed by atoms with Gasteiger partial charge in [0, 0.05) is 18.4 Å². The van der Waals surface area contributed by atoms with Crippen LogP contribution >= 0.6 is 0 Å². The van der Waals surface area contributed by atoms with Crippen molar-refractivity contribution in [2.45, 2.75) is 38.8 Å². The number of rotatable bonds is 7. The van der Waals surface area contributed by atoms with Gasteiger partial charge in [0.2, 0.25) is 5.91 Å². The quantitative estimate of drug-likeness (QED) is 0.826. The zero-order valence-corrected chi connectivity index (χ0v) is 13.0. The van der Waals surface area contributed by atoms with E-state index in [4.69, 9.17) is 4.42 Å². The average Bonchev–Trinajstić information content (AvgIpc) is 3.02. The van der Waals surface area contributed by atoms with Gasteiger partial charge in [0.05, 0.1) is 6.26 Å². The van der Waals surface area contributed by atoms with Gasteiger partial charge in [0.1, 0.15) is 11.9 Å². The minimum atomic E-state index is -0.699. The molecule has 1 heterocycles. The van der Waals surface area contributed by atoms with Crippen molar-refractivity contribution in [1.82, 2.24) is 5.32 Å². The summed E-state index contributed by atoms with van der Waals surface area (Å²) < 4.78 is 5.16. The van der Waals surface area contributed by atoms with E-state index in [-0.39, 0.29) is 17.9 Å². The third-order valence-electron chi connectivity index (χ3n) is 3.67. The fraction of sp³-hybridized carbons (Fsp3) is 0.389. The van der Waals surface area contributed by atoms with E-state index in [1.807, 2.05) is 44.2 Å². The van der Waals surface area contributed by atoms with E-state index >= 15 is 0 Å². The van der Waals surface area contributed by atoms with Gasteiger partial charge in [-0.3, -0.25) is 4.79 Å². The Bertz CT molecular complexity index is 565. The van der Waals surface area contributed by atoms with Crippen molar-refractivity contribution in [3.8, 4) is 0 Å².